The number of hydrogen-bond acceptors (Lipinski definition) is 15. The third kappa shape index (κ3) is 15.6. The first kappa shape index (κ1) is 49.9. The lowest BCUT2D eigenvalue weighted by molar-refractivity contribution is -0.368. The number of anilines is 3. The number of piperazine rings is 2. The molecule has 0 aromatic carbocycles. The zero-order valence-electron chi connectivity index (χ0n) is 36.7. The van der Waals surface area contributed by atoms with Crippen LogP contribution in [-0.2, 0) is 43.2 Å². The second-order valence-electron chi connectivity index (χ2n) is 15.4. The molecule has 2 amide bonds. The number of carbonyl (C=O) groups is 2. The fourth-order valence-corrected chi connectivity index (χ4v) is 7.13. The van der Waals surface area contributed by atoms with Crippen molar-refractivity contribution in [1.29, 1.82) is 0 Å². The van der Waals surface area contributed by atoms with E-state index in [0.717, 1.165) is 69.4 Å². The summed E-state index contributed by atoms with van der Waals surface area (Å²) in [5.74, 6) is 4.03. The number of hydrogen-bond donors (Lipinski definition) is 3. The van der Waals surface area contributed by atoms with E-state index in [2.05, 4.69) is 67.0 Å². The molecular weight excluding hydrogens is 820 g/mol. The van der Waals surface area contributed by atoms with Crippen molar-refractivity contribution in [2.24, 2.45) is 5.92 Å². The van der Waals surface area contributed by atoms with E-state index in [1.807, 2.05) is 22.2 Å². The number of rotatable bonds is 27. The molecule has 62 heavy (non-hydrogen) atoms. The van der Waals surface area contributed by atoms with E-state index >= 15 is 0 Å². The fraction of sp³-hybridized carbons (Fsp3) is 0.725. The van der Waals surface area contributed by atoms with Gasteiger partial charge in [-0.25, -0.2) is 9.36 Å². The molecule has 2 aliphatic heterocycles. The van der Waals surface area contributed by atoms with Crippen LogP contribution in [0.1, 0.15) is 63.4 Å². The van der Waals surface area contributed by atoms with Crippen molar-refractivity contribution in [2.75, 3.05) is 127 Å². The normalized spacial score (nSPS) is 15.3. The standard InChI is InChI=1S/C40H66N16O5.ClH/c1-4-23-59-25-27-61-28-26-60-24-14-43-38-44-39(53-19-15-51(16-20-53)35(57)31-55-29-33(47-49-55)10-6-8-12-41)46-40(45-38)54-21-17-52(18-22-54)37(58)36(32(3)5-2)56-30-34(48-50-56)11-7-9-13-42;/h1,29-30,32,36H,5-28,31,41-42H2,2-3H3,(H,43,44,45,46);1H/p+1/t32-,36-;/m0./s1. The van der Waals surface area contributed by atoms with Crippen LogP contribution in [0.15, 0.2) is 12.4 Å². The summed E-state index contributed by atoms with van der Waals surface area (Å²) in [6.07, 6.45) is 15.5. The van der Waals surface area contributed by atoms with Crippen molar-refractivity contribution >= 4 is 29.7 Å². The smallest absolute Gasteiger partial charge is 0.247 e. The van der Waals surface area contributed by atoms with Gasteiger partial charge in [0.25, 0.3) is 0 Å². The van der Waals surface area contributed by atoms with Gasteiger partial charge in [0.2, 0.25) is 29.7 Å². The Morgan fingerprint density at radius 2 is 1.34 bits per heavy atom. The van der Waals surface area contributed by atoms with Crippen molar-refractivity contribution in [3.63, 3.8) is 0 Å². The van der Waals surface area contributed by atoms with Crippen LogP contribution in [0.3, 0.4) is 0 Å². The molecule has 2 saturated heterocycles. The van der Waals surface area contributed by atoms with Gasteiger partial charge in [-0.2, -0.15) is 15.0 Å². The molecule has 3 aromatic heterocycles. The predicted molar refractivity (Wildman–Crippen MR) is 227 cm³/mol. The predicted octanol–water partition coefficient (Wildman–Crippen LogP) is -4.43. The molecule has 0 aliphatic carbocycles. The Morgan fingerprint density at radius 3 is 1.94 bits per heavy atom. The lowest BCUT2D eigenvalue weighted by Gasteiger charge is -2.38. The van der Waals surface area contributed by atoms with Crippen molar-refractivity contribution in [1.82, 2.24) is 54.7 Å². The number of nitrogens with one attached hydrogen (secondary N) is 1. The van der Waals surface area contributed by atoms with Crippen molar-refractivity contribution in [3.8, 4) is 12.3 Å². The highest BCUT2D eigenvalue weighted by atomic mass is 35.5. The molecule has 22 heteroatoms. The number of halogens is 1. The number of ether oxygens (including phenoxy) is 3. The molecule has 3 aromatic rings. The quantitative estimate of drug-likeness (QED) is 0.0484. The molecule has 344 valence electrons. The summed E-state index contributed by atoms with van der Waals surface area (Å²) in [6.45, 7) is 13.3. The molecule has 0 unspecified atom stereocenters. The molecule has 0 spiro atoms. The SMILES string of the molecule is C#CCOCCOCCOCCNc1nc(N2CCN(C(=O)Cn3cc(CCCC[NH3+])nn3)CC2)nc(N2CCN(C(=O)[C@H]([C@@H](C)CC)n3cc(CCCC[NH3+])nn3)CC2)n1.[Cl-]. The molecular formula is C40H68ClN16O5+. The number of aryl methyl sites for hydroxylation is 2. The van der Waals surface area contributed by atoms with E-state index in [4.69, 9.17) is 35.6 Å². The molecule has 2 aliphatic rings. The summed E-state index contributed by atoms with van der Waals surface area (Å²) in [7, 11) is 0. The number of carbonyl (C=O) groups excluding carboxylic acids is 2. The van der Waals surface area contributed by atoms with E-state index < -0.39 is 6.04 Å². The molecule has 0 saturated carbocycles. The molecule has 2 fully saturated rings. The molecule has 21 nitrogen and oxygen atoms in total. The largest absolute Gasteiger partial charge is 1.00 e. The van der Waals surface area contributed by atoms with Crippen LogP contribution in [0.4, 0.5) is 17.8 Å². The minimum absolute atomic E-state index is 0. The van der Waals surface area contributed by atoms with Crippen LogP contribution in [-0.4, -0.2) is 178 Å². The summed E-state index contributed by atoms with van der Waals surface area (Å²) >= 11 is 0. The van der Waals surface area contributed by atoms with Gasteiger partial charge in [0.15, 0.2) is 0 Å². The zero-order valence-corrected chi connectivity index (χ0v) is 37.5. The third-order valence-corrected chi connectivity index (χ3v) is 10.9. The second-order valence-corrected chi connectivity index (χ2v) is 15.4. The Bertz CT molecular complexity index is 1790. The maximum Gasteiger partial charge on any atom is 0.247 e. The van der Waals surface area contributed by atoms with E-state index in [0.29, 0.717) is 110 Å². The van der Waals surface area contributed by atoms with Gasteiger partial charge in [-0.3, -0.25) is 9.59 Å². The number of terminal acetylenes is 1. The Morgan fingerprint density at radius 1 is 0.774 bits per heavy atom. The number of amides is 2. The molecule has 2 atom stereocenters. The molecule has 5 heterocycles. The minimum atomic E-state index is -0.431. The highest BCUT2D eigenvalue weighted by Crippen LogP contribution is 2.26. The highest BCUT2D eigenvalue weighted by molar-refractivity contribution is 5.81. The summed E-state index contributed by atoms with van der Waals surface area (Å²) in [5, 5.41) is 20.5. The minimum Gasteiger partial charge on any atom is -1.00 e. The summed E-state index contributed by atoms with van der Waals surface area (Å²) < 4.78 is 19.9. The van der Waals surface area contributed by atoms with Gasteiger partial charge >= 0.3 is 0 Å². The fourth-order valence-electron chi connectivity index (χ4n) is 7.13. The molecule has 5 rings (SSSR count). The van der Waals surface area contributed by atoms with Gasteiger partial charge in [0.05, 0.1) is 57.5 Å². The zero-order chi connectivity index (χ0) is 43.2. The van der Waals surface area contributed by atoms with Crippen LogP contribution in [0.2, 0.25) is 0 Å². The summed E-state index contributed by atoms with van der Waals surface area (Å²) in [6, 6.07) is -0.431. The number of aromatic nitrogens is 9. The van der Waals surface area contributed by atoms with Crippen LogP contribution < -0.4 is 39.0 Å². The number of quaternary nitrogens is 2. The van der Waals surface area contributed by atoms with Gasteiger partial charge in [-0.15, -0.1) is 16.6 Å². The molecule has 7 N–H and O–H groups in total. The van der Waals surface area contributed by atoms with E-state index in [1.54, 1.807) is 9.36 Å². The highest BCUT2D eigenvalue weighted by Gasteiger charge is 2.34. The molecule has 0 bridgehead atoms. The Hall–Kier alpha value is -4.72. The van der Waals surface area contributed by atoms with E-state index in [9.17, 15) is 9.59 Å². The first-order valence-corrected chi connectivity index (χ1v) is 21.9. The number of nitrogens with zero attached hydrogens (tertiary/aromatic N) is 13. The Kier molecular flexibility index (Phi) is 22.0. The monoisotopic (exact) mass is 888 g/mol. The van der Waals surface area contributed by atoms with E-state index in [-0.39, 0.29) is 43.3 Å². The van der Waals surface area contributed by atoms with Crippen molar-refractivity contribution < 1.29 is 47.7 Å². The van der Waals surface area contributed by atoms with Crippen LogP contribution in [0.5, 0.6) is 0 Å². The Balaban J connectivity index is 0.00000845. The lowest BCUT2D eigenvalue weighted by Crippen LogP contribution is -3.00. The topological polar surface area (TPSA) is 242 Å². The average molecular weight is 889 g/mol. The molecule has 0 radical (unpaired) electrons. The maximum atomic E-state index is 14.1. The first-order valence-electron chi connectivity index (χ1n) is 21.9. The summed E-state index contributed by atoms with van der Waals surface area (Å²) in [5.41, 5.74) is 9.62. The lowest BCUT2D eigenvalue weighted by atomic mass is 9.97. The van der Waals surface area contributed by atoms with Gasteiger partial charge in [-0.05, 0) is 44.4 Å². The van der Waals surface area contributed by atoms with Crippen LogP contribution >= 0.6 is 0 Å². The van der Waals surface area contributed by atoms with E-state index in [1.165, 1.54) is 0 Å². The van der Waals surface area contributed by atoms with Gasteiger partial charge < -0.3 is 63.0 Å². The van der Waals surface area contributed by atoms with Gasteiger partial charge in [0, 0.05) is 71.3 Å². The summed E-state index contributed by atoms with van der Waals surface area (Å²) in [4.78, 5) is 49.9. The van der Waals surface area contributed by atoms with Gasteiger partial charge in [0.1, 0.15) is 19.2 Å². The Labute approximate surface area is 371 Å². The maximum absolute atomic E-state index is 14.1. The second kappa shape index (κ2) is 27.4. The van der Waals surface area contributed by atoms with Crippen LogP contribution in [0.25, 0.3) is 0 Å². The van der Waals surface area contributed by atoms with Crippen molar-refractivity contribution in [2.45, 2.75) is 71.4 Å². The third-order valence-electron chi connectivity index (χ3n) is 10.9. The van der Waals surface area contributed by atoms with Crippen LogP contribution in [0, 0.1) is 18.3 Å². The van der Waals surface area contributed by atoms with Crippen molar-refractivity contribution in [3.05, 3.63) is 23.8 Å². The number of unbranched alkanes of at least 4 members (excludes halogenated alkanes) is 2. The van der Waals surface area contributed by atoms with Gasteiger partial charge in [-0.1, -0.05) is 36.6 Å². The average Bonchev–Trinajstić information content (AvgIpc) is 3.95. The first-order chi connectivity index (χ1) is 29.8.